The number of hydrogen-bond donors (Lipinski definition) is 4. The molecule has 1 aromatic rings. The summed E-state index contributed by atoms with van der Waals surface area (Å²) in [5, 5.41) is 19.2. The molecule has 1 saturated heterocycles. The summed E-state index contributed by atoms with van der Waals surface area (Å²) >= 11 is 0. The van der Waals surface area contributed by atoms with Gasteiger partial charge in [-0.2, -0.15) is 0 Å². The molecule has 10 nitrogen and oxygen atoms in total. The van der Waals surface area contributed by atoms with E-state index in [0.29, 0.717) is 0 Å². The lowest BCUT2D eigenvalue weighted by atomic mass is 10.1. The summed E-state index contributed by atoms with van der Waals surface area (Å²) < 4.78 is 10.8. The monoisotopic (exact) mass is 287 g/mol. The van der Waals surface area contributed by atoms with Crippen molar-refractivity contribution in [2.45, 2.75) is 24.5 Å². The molecule has 2 rings (SSSR count). The maximum Gasteiger partial charge on any atom is 0.404 e. The van der Waals surface area contributed by atoms with Crippen molar-refractivity contribution in [2.75, 3.05) is 6.61 Å². The van der Waals surface area contributed by atoms with Gasteiger partial charge in [-0.05, 0) is 0 Å². The highest BCUT2D eigenvalue weighted by Crippen LogP contribution is 2.30. The molecular formula is C10H13N3O7. The van der Waals surface area contributed by atoms with Crippen LogP contribution in [0, 0.1) is 0 Å². The first-order valence-electron chi connectivity index (χ1n) is 5.66. The Morgan fingerprint density at radius 3 is 2.80 bits per heavy atom. The second kappa shape index (κ2) is 5.45. The molecule has 2 heterocycles. The lowest BCUT2D eigenvalue weighted by Crippen LogP contribution is -2.40. The highest BCUT2D eigenvalue weighted by Gasteiger charge is 2.47. The number of carbonyl (C=O) groups excluding carboxylic acids is 1. The number of amides is 1. The number of nitrogens with two attached hydrogens (primary N) is 1. The van der Waals surface area contributed by atoms with Crippen LogP contribution in [0.15, 0.2) is 21.9 Å². The minimum absolute atomic E-state index is 0.552. The summed E-state index contributed by atoms with van der Waals surface area (Å²) in [7, 11) is 0. The Labute approximate surface area is 111 Å². The molecule has 110 valence electrons. The van der Waals surface area contributed by atoms with Crippen molar-refractivity contribution < 1.29 is 24.5 Å². The van der Waals surface area contributed by atoms with Crippen molar-refractivity contribution in [3.8, 4) is 0 Å². The third kappa shape index (κ3) is 2.57. The first kappa shape index (κ1) is 14.2. The molecule has 1 fully saturated rings. The maximum absolute atomic E-state index is 11.6. The third-order valence-electron chi connectivity index (χ3n) is 2.87. The summed E-state index contributed by atoms with van der Waals surface area (Å²) in [6.07, 6.45) is -4.94. The van der Waals surface area contributed by atoms with Gasteiger partial charge in [-0.3, -0.25) is 14.3 Å². The molecule has 4 atom stereocenters. The van der Waals surface area contributed by atoms with E-state index >= 15 is 0 Å². The van der Waals surface area contributed by atoms with Gasteiger partial charge >= 0.3 is 11.8 Å². The highest BCUT2D eigenvalue weighted by atomic mass is 16.6. The summed E-state index contributed by atoms with van der Waals surface area (Å²) in [6, 6.07) is 1.06. The van der Waals surface area contributed by atoms with Gasteiger partial charge in [0, 0.05) is 12.3 Å². The molecule has 0 bridgehead atoms. The van der Waals surface area contributed by atoms with Crippen LogP contribution in [0.5, 0.6) is 0 Å². The fourth-order valence-corrected chi connectivity index (χ4v) is 2.00. The quantitative estimate of drug-likeness (QED) is 0.469. The molecule has 0 aliphatic carbocycles. The molecule has 0 aromatic carbocycles. The molecule has 1 aromatic heterocycles. The standard InChI is InChI=1S/C10H13N3O7/c11-9(17)20-7-4(3-14)19-8(6(7)16)13-2-1-5(15)12-10(13)18/h1-2,4,6-8,14,16H,3H2,(H2,11,17)(H,12,15,18)/t4-,6?,7+,8-/m1/s1. The number of rotatable bonds is 3. The molecule has 1 amide bonds. The highest BCUT2D eigenvalue weighted by molar-refractivity contribution is 5.65. The Balaban J connectivity index is 2.32. The van der Waals surface area contributed by atoms with E-state index in [9.17, 15) is 19.5 Å². The molecule has 1 aliphatic heterocycles. The number of hydrogen-bond acceptors (Lipinski definition) is 7. The zero-order chi connectivity index (χ0) is 14.9. The number of aromatic nitrogens is 2. The summed E-state index contributed by atoms with van der Waals surface area (Å²) in [5.41, 5.74) is 3.44. The van der Waals surface area contributed by atoms with E-state index in [1.807, 2.05) is 4.98 Å². The van der Waals surface area contributed by atoms with Crippen LogP contribution in [-0.4, -0.2) is 50.8 Å². The van der Waals surface area contributed by atoms with Gasteiger partial charge in [-0.25, -0.2) is 9.59 Å². The van der Waals surface area contributed by atoms with E-state index in [1.54, 1.807) is 0 Å². The first-order valence-corrected chi connectivity index (χ1v) is 5.66. The van der Waals surface area contributed by atoms with Gasteiger partial charge in [0.2, 0.25) is 0 Å². The topological polar surface area (TPSA) is 157 Å². The van der Waals surface area contributed by atoms with Gasteiger partial charge in [0.25, 0.3) is 5.56 Å². The Bertz CT molecular complexity index is 609. The average Bonchev–Trinajstić information content (AvgIpc) is 2.67. The molecule has 5 N–H and O–H groups in total. The normalized spacial score (nSPS) is 29.3. The van der Waals surface area contributed by atoms with Crippen molar-refractivity contribution in [1.82, 2.24) is 9.55 Å². The SMILES string of the molecule is NC(=O)O[C@@H]1C(O)[C@H](n2ccc(=O)[nH]c2=O)O[C@@H]1CO. The largest absolute Gasteiger partial charge is 0.441 e. The van der Waals surface area contributed by atoms with E-state index in [0.717, 1.165) is 16.8 Å². The second-order valence-corrected chi connectivity index (χ2v) is 4.16. The van der Waals surface area contributed by atoms with Gasteiger partial charge in [-0.15, -0.1) is 0 Å². The van der Waals surface area contributed by atoms with E-state index < -0.39 is 48.5 Å². The molecular weight excluding hydrogens is 274 g/mol. The molecule has 0 spiro atoms. The predicted molar refractivity (Wildman–Crippen MR) is 62.8 cm³/mol. The Morgan fingerprint density at radius 2 is 2.25 bits per heavy atom. The van der Waals surface area contributed by atoms with Crippen LogP contribution < -0.4 is 17.0 Å². The van der Waals surface area contributed by atoms with Crippen LogP contribution >= 0.6 is 0 Å². The zero-order valence-electron chi connectivity index (χ0n) is 10.1. The van der Waals surface area contributed by atoms with Gasteiger partial charge in [0.1, 0.15) is 12.2 Å². The molecule has 0 radical (unpaired) electrons. The van der Waals surface area contributed by atoms with E-state index in [1.165, 1.54) is 0 Å². The molecule has 1 unspecified atom stereocenters. The van der Waals surface area contributed by atoms with Gasteiger partial charge in [0.15, 0.2) is 12.3 Å². The molecule has 1 aliphatic rings. The lowest BCUT2D eigenvalue weighted by Gasteiger charge is -2.18. The Hall–Kier alpha value is -2.17. The maximum atomic E-state index is 11.6. The zero-order valence-corrected chi connectivity index (χ0v) is 10.1. The lowest BCUT2D eigenvalue weighted by molar-refractivity contribution is -0.0553. The number of ether oxygens (including phenoxy) is 2. The number of aliphatic hydroxyl groups is 2. The van der Waals surface area contributed by atoms with Crippen LogP contribution in [0.25, 0.3) is 0 Å². The second-order valence-electron chi connectivity index (χ2n) is 4.16. The predicted octanol–water partition coefficient (Wildman–Crippen LogP) is -2.75. The minimum atomic E-state index is -1.43. The van der Waals surface area contributed by atoms with Crippen LogP contribution in [0.1, 0.15) is 6.23 Å². The smallest absolute Gasteiger partial charge is 0.404 e. The van der Waals surface area contributed by atoms with Crippen molar-refractivity contribution in [2.24, 2.45) is 5.73 Å². The van der Waals surface area contributed by atoms with Crippen molar-refractivity contribution in [3.05, 3.63) is 33.1 Å². The van der Waals surface area contributed by atoms with Crippen LogP contribution in [0.4, 0.5) is 4.79 Å². The number of aliphatic hydroxyl groups excluding tert-OH is 2. The summed E-state index contributed by atoms with van der Waals surface area (Å²) in [5.74, 6) is 0. The number of nitrogens with zero attached hydrogens (tertiary/aromatic N) is 1. The van der Waals surface area contributed by atoms with Crippen LogP contribution in [0.2, 0.25) is 0 Å². The fourth-order valence-electron chi connectivity index (χ4n) is 2.00. The Kier molecular flexibility index (Phi) is 3.88. The molecule has 0 saturated carbocycles. The number of carbonyl (C=O) groups is 1. The van der Waals surface area contributed by atoms with Crippen molar-refractivity contribution >= 4 is 6.09 Å². The number of primary amides is 1. The number of nitrogens with one attached hydrogen (secondary N) is 1. The van der Waals surface area contributed by atoms with E-state index in [2.05, 4.69) is 4.74 Å². The van der Waals surface area contributed by atoms with Crippen molar-refractivity contribution in [1.29, 1.82) is 0 Å². The first-order chi connectivity index (χ1) is 9.43. The Morgan fingerprint density at radius 1 is 1.55 bits per heavy atom. The van der Waals surface area contributed by atoms with Gasteiger partial charge < -0.3 is 25.4 Å². The average molecular weight is 287 g/mol. The van der Waals surface area contributed by atoms with E-state index in [-0.39, 0.29) is 0 Å². The van der Waals surface area contributed by atoms with E-state index in [4.69, 9.17) is 15.6 Å². The summed E-state index contributed by atoms with van der Waals surface area (Å²) in [6.45, 7) is -0.552. The third-order valence-corrected chi connectivity index (χ3v) is 2.87. The number of H-pyrrole nitrogens is 1. The molecule has 20 heavy (non-hydrogen) atoms. The van der Waals surface area contributed by atoms with Crippen LogP contribution in [0.3, 0.4) is 0 Å². The van der Waals surface area contributed by atoms with Gasteiger partial charge in [0.05, 0.1) is 6.61 Å². The summed E-state index contributed by atoms with van der Waals surface area (Å²) in [4.78, 5) is 35.3. The van der Waals surface area contributed by atoms with Crippen LogP contribution in [-0.2, 0) is 9.47 Å². The fraction of sp³-hybridized carbons (Fsp3) is 0.500. The molecule has 10 heteroatoms. The minimum Gasteiger partial charge on any atom is -0.441 e. The number of aromatic amines is 1. The van der Waals surface area contributed by atoms with Gasteiger partial charge in [-0.1, -0.05) is 0 Å². The van der Waals surface area contributed by atoms with Crippen molar-refractivity contribution in [3.63, 3.8) is 0 Å².